The first-order valence-electron chi connectivity index (χ1n) is 9.94. The number of aryl methyl sites for hydroxylation is 1. The Morgan fingerprint density at radius 2 is 2.00 bits per heavy atom. The van der Waals surface area contributed by atoms with Gasteiger partial charge in [-0.15, -0.1) is 0 Å². The Labute approximate surface area is 187 Å². The molecule has 0 fully saturated rings. The van der Waals surface area contributed by atoms with E-state index in [-0.39, 0.29) is 0 Å². The van der Waals surface area contributed by atoms with Crippen LogP contribution in [0, 0.1) is 6.92 Å². The highest BCUT2D eigenvalue weighted by Crippen LogP contribution is 2.38. The molecule has 0 aliphatic heterocycles. The Kier molecular flexibility index (Phi) is 5.08. The van der Waals surface area contributed by atoms with E-state index >= 15 is 0 Å². The molecular formula is C23H19N7OS. The van der Waals surface area contributed by atoms with Gasteiger partial charge in [0.15, 0.2) is 10.8 Å². The van der Waals surface area contributed by atoms with E-state index in [1.807, 2.05) is 55.6 Å². The summed E-state index contributed by atoms with van der Waals surface area (Å²) in [7, 11) is 0. The zero-order valence-electron chi connectivity index (χ0n) is 17.2. The molecule has 0 aliphatic carbocycles. The van der Waals surface area contributed by atoms with E-state index in [0.717, 1.165) is 43.9 Å². The number of benzene rings is 1. The second-order valence-electron chi connectivity index (χ2n) is 7.26. The van der Waals surface area contributed by atoms with Crippen LogP contribution in [-0.4, -0.2) is 30.5 Å². The molecule has 9 heteroatoms. The molecule has 1 amide bonds. The lowest BCUT2D eigenvalue weighted by Crippen LogP contribution is -2.11. The fraction of sp³-hybridized carbons (Fsp3) is 0.0870. The highest BCUT2D eigenvalue weighted by molar-refractivity contribution is 7.19. The van der Waals surface area contributed by atoms with Crippen LogP contribution in [0.3, 0.4) is 0 Å². The van der Waals surface area contributed by atoms with Gasteiger partial charge >= 0.3 is 0 Å². The second-order valence-corrected chi connectivity index (χ2v) is 8.26. The molecule has 5 aromatic rings. The number of rotatable bonds is 6. The summed E-state index contributed by atoms with van der Waals surface area (Å²) in [6, 6.07) is 17.1. The van der Waals surface area contributed by atoms with Crippen LogP contribution in [0.5, 0.6) is 0 Å². The van der Waals surface area contributed by atoms with Crippen LogP contribution in [0.1, 0.15) is 21.6 Å². The summed E-state index contributed by atoms with van der Waals surface area (Å²) >= 11 is 1.54. The molecule has 0 bridgehead atoms. The zero-order valence-corrected chi connectivity index (χ0v) is 18.0. The summed E-state index contributed by atoms with van der Waals surface area (Å²) in [6.45, 7) is 2.47. The van der Waals surface area contributed by atoms with Crippen molar-refractivity contribution < 1.29 is 4.79 Å². The molecule has 4 heterocycles. The maximum atomic E-state index is 11.5. The molecule has 158 valence electrons. The van der Waals surface area contributed by atoms with Gasteiger partial charge in [0.05, 0.1) is 10.6 Å². The summed E-state index contributed by atoms with van der Waals surface area (Å²) in [5, 5.41) is 8.37. The summed E-state index contributed by atoms with van der Waals surface area (Å²) in [4.78, 5) is 26.2. The average molecular weight is 442 g/mol. The molecule has 0 spiro atoms. The number of hydrogen-bond donors (Lipinski definition) is 2. The highest BCUT2D eigenvalue weighted by Gasteiger charge is 2.17. The number of nitrogens with two attached hydrogens (primary N) is 1. The normalized spacial score (nSPS) is 11.0. The van der Waals surface area contributed by atoms with E-state index in [2.05, 4.69) is 20.4 Å². The summed E-state index contributed by atoms with van der Waals surface area (Å²) < 4.78 is 1.74. The molecule has 32 heavy (non-hydrogen) atoms. The van der Waals surface area contributed by atoms with Crippen LogP contribution in [0.15, 0.2) is 67.1 Å². The number of pyridine rings is 2. The standard InChI is InChI=1S/C23H19N7OS/c1-14-4-2-7-18(28-14)20-21(17-8-9-19-26-13-27-30(19)12-17)32-23(29-20)25-11-15-5-3-6-16(10-15)22(24)31/h2-10,12-13H,11H2,1H3,(H2,24,31)(H,25,29). The predicted octanol–water partition coefficient (Wildman–Crippen LogP) is 3.93. The van der Waals surface area contributed by atoms with E-state index in [4.69, 9.17) is 10.7 Å². The Morgan fingerprint density at radius 3 is 2.84 bits per heavy atom. The number of nitrogens with zero attached hydrogens (tertiary/aromatic N) is 5. The van der Waals surface area contributed by atoms with E-state index < -0.39 is 5.91 Å². The monoisotopic (exact) mass is 441 g/mol. The second kappa shape index (κ2) is 8.20. The van der Waals surface area contributed by atoms with Crippen LogP contribution in [0.2, 0.25) is 0 Å². The molecule has 0 atom stereocenters. The minimum Gasteiger partial charge on any atom is -0.366 e. The zero-order chi connectivity index (χ0) is 22.1. The molecule has 0 saturated heterocycles. The molecule has 5 rings (SSSR count). The molecule has 0 unspecified atom stereocenters. The Bertz CT molecular complexity index is 1440. The third-order valence-electron chi connectivity index (χ3n) is 4.95. The molecule has 4 aromatic heterocycles. The number of carbonyl (C=O) groups excluding carboxylic acids is 1. The van der Waals surface area contributed by atoms with E-state index in [1.165, 1.54) is 17.7 Å². The number of hydrogen-bond acceptors (Lipinski definition) is 7. The maximum absolute atomic E-state index is 11.5. The van der Waals surface area contributed by atoms with Crippen LogP contribution in [0.25, 0.3) is 27.5 Å². The van der Waals surface area contributed by atoms with Gasteiger partial charge in [0.1, 0.15) is 12.0 Å². The van der Waals surface area contributed by atoms with Gasteiger partial charge in [0, 0.05) is 29.6 Å². The number of anilines is 1. The molecular weight excluding hydrogens is 422 g/mol. The van der Waals surface area contributed by atoms with Gasteiger partial charge in [-0.2, -0.15) is 5.10 Å². The number of amides is 1. The lowest BCUT2D eigenvalue weighted by Gasteiger charge is -2.04. The third-order valence-corrected chi connectivity index (χ3v) is 6.01. The van der Waals surface area contributed by atoms with Crippen molar-refractivity contribution in [2.24, 2.45) is 5.73 Å². The van der Waals surface area contributed by atoms with Gasteiger partial charge in [-0.05, 0) is 48.9 Å². The van der Waals surface area contributed by atoms with Crippen LogP contribution >= 0.6 is 11.3 Å². The quantitative estimate of drug-likeness (QED) is 0.413. The van der Waals surface area contributed by atoms with E-state index in [1.54, 1.807) is 16.6 Å². The van der Waals surface area contributed by atoms with Crippen LogP contribution in [0.4, 0.5) is 5.13 Å². The van der Waals surface area contributed by atoms with Crippen molar-refractivity contribution in [1.82, 2.24) is 24.6 Å². The minimum absolute atomic E-state index is 0.445. The number of thiazole rings is 1. The third kappa shape index (κ3) is 3.93. The number of fused-ring (bicyclic) bond motifs is 1. The number of primary amides is 1. The molecule has 3 N–H and O–H groups in total. The summed E-state index contributed by atoms with van der Waals surface area (Å²) in [5.74, 6) is -0.445. The SMILES string of the molecule is Cc1cccc(-c2nc(NCc3cccc(C(N)=O)c3)sc2-c2ccc3ncnn3c2)n1. The molecule has 0 aliphatic rings. The lowest BCUT2D eigenvalue weighted by molar-refractivity contribution is 0.1000. The van der Waals surface area contributed by atoms with Crippen LogP contribution < -0.4 is 11.1 Å². The first-order valence-corrected chi connectivity index (χ1v) is 10.8. The van der Waals surface area contributed by atoms with Crippen LogP contribution in [-0.2, 0) is 6.54 Å². The number of aromatic nitrogens is 5. The number of carbonyl (C=O) groups is 1. The van der Waals surface area contributed by atoms with Crippen molar-refractivity contribution in [1.29, 1.82) is 0 Å². The van der Waals surface area contributed by atoms with Crippen molar-refractivity contribution >= 4 is 28.0 Å². The number of nitrogens with one attached hydrogen (secondary N) is 1. The predicted molar refractivity (Wildman–Crippen MR) is 124 cm³/mol. The van der Waals surface area contributed by atoms with Crippen molar-refractivity contribution in [3.63, 3.8) is 0 Å². The van der Waals surface area contributed by atoms with E-state index in [0.29, 0.717) is 12.1 Å². The van der Waals surface area contributed by atoms with Gasteiger partial charge in [-0.1, -0.05) is 29.5 Å². The first-order chi connectivity index (χ1) is 15.6. The maximum Gasteiger partial charge on any atom is 0.248 e. The fourth-order valence-electron chi connectivity index (χ4n) is 3.40. The average Bonchev–Trinajstić information content (AvgIpc) is 3.44. The lowest BCUT2D eigenvalue weighted by atomic mass is 10.1. The van der Waals surface area contributed by atoms with Gasteiger partial charge < -0.3 is 11.1 Å². The Hall–Kier alpha value is -4.11. The van der Waals surface area contributed by atoms with E-state index in [9.17, 15) is 4.79 Å². The molecule has 0 radical (unpaired) electrons. The molecule has 0 saturated carbocycles. The largest absolute Gasteiger partial charge is 0.366 e. The van der Waals surface area contributed by atoms with Gasteiger partial charge in [0.2, 0.25) is 5.91 Å². The molecule has 1 aromatic carbocycles. The summed E-state index contributed by atoms with van der Waals surface area (Å²) in [6.07, 6.45) is 3.47. The highest BCUT2D eigenvalue weighted by atomic mass is 32.1. The van der Waals surface area contributed by atoms with Crippen molar-refractivity contribution in [2.45, 2.75) is 13.5 Å². The smallest absolute Gasteiger partial charge is 0.248 e. The Balaban J connectivity index is 1.52. The van der Waals surface area contributed by atoms with Crippen molar-refractivity contribution in [3.05, 3.63) is 83.9 Å². The summed E-state index contributed by atoms with van der Waals surface area (Å²) in [5.41, 5.74) is 11.1. The molecule has 8 nitrogen and oxygen atoms in total. The topological polar surface area (TPSA) is 111 Å². The fourth-order valence-corrected chi connectivity index (χ4v) is 4.36. The van der Waals surface area contributed by atoms with Crippen molar-refractivity contribution in [2.75, 3.05) is 5.32 Å². The Morgan fingerprint density at radius 1 is 1.12 bits per heavy atom. The van der Waals surface area contributed by atoms with Gasteiger partial charge in [-0.3, -0.25) is 9.78 Å². The van der Waals surface area contributed by atoms with Gasteiger partial charge in [-0.25, -0.2) is 14.5 Å². The van der Waals surface area contributed by atoms with Gasteiger partial charge in [0.25, 0.3) is 0 Å². The van der Waals surface area contributed by atoms with Crippen molar-refractivity contribution in [3.8, 4) is 21.8 Å². The first kappa shape index (κ1) is 19.8. The minimum atomic E-state index is -0.445.